The van der Waals surface area contributed by atoms with Crippen molar-refractivity contribution in [1.82, 2.24) is 4.31 Å². The van der Waals surface area contributed by atoms with E-state index >= 15 is 0 Å². The molecule has 0 fully saturated rings. The molecule has 2 N–H and O–H groups in total. The predicted octanol–water partition coefficient (Wildman–Crippen LogP) is 0.172. The van der Waals surface area contributed by atoms with E-state index in [0.29, 0.717) is 0 Å². The third-order valence-corrected chi connectivity index (χ3v) is 4.57. The van der Waals surface area contributed by atoms with E-state index in [2.05, 4.69) is 11.8 Å². The lowest BCUT2D eigenvalue weighted by Crippen LogP contribution is -2.33. The minimum Gasteiger partial charge on any atom is -0.395 e. The van der Waals surface area contributed by atoms with Gasteiger partial charge in [-0.25, -0.2) is 12.8 Å². The third-order valence-electron chi connectivity index (χ3n) is 2.56. The van der Waals surface area contributed by atoms with E-state index in [-0.39, 0.29) is 31.9 Å². The minimum absolute atomic E-state index is 0.0929. The Morgan fingerprint density at radius 1 is 1.35 bits per heavy atom. The molecule has 1 aromatic rings. The number of halogens is 1. The lowest BCUT2D eigenvalue weighted by Gasteiger charge is -2.19. The fourth-order valence-corrected chi connectivity index (χ4v) is 3.11. The van der Waals surface area contributed by atoms with Crippen molar-refractivity contribution in [2.75, 3.05) is 26.3 Å². The molecule has 0 aliphatic carbocycles. The molecule has 0 saturated heterocycles. The van der Waals surface area contributed by atoms with Crippen molar-refractivity contribution in [2.24, 2.45) is 0 Å². The zero-order valence-corrected chi connectivity index (χ0v) is 11.8. The molecular weight excluding hydrogens is 285 g/mol. The predicted molar refractivity (Wildman–Crippen MR) is 71.9 cm³/mol. The van der Waals surface area contributed by atoms with E-state index in [1.807, 2.05) is 0 Å². The van der Waals surface area contributed by atoms with Gasteiger partial charge in [0.2, 0.25) is 10.0 Å². The van der Waals surface area contributed by atoms with Crippen LogP contribution in [0.3, 0.4) is 0 Å². The standard InChI is InChI=1S/C13H16FNO4S/c1-2-15(7-9-17)20(18,19)13-6-5-11(4-3-8-16)10-12(13)14/h5-6,10,16-17H,2,7-9H2,1H3. The van der Waals surface area contributed by atoms with Gasteiger partial charge in [0.05, 0.1) is 6.61 Å². The minimum atomic E-state index is -3.98. The Morgan fingerprint density at radius 3 is 2.55 bits per heavy atom. The van der Waals surface area contributed by atoms with Crippen molar-refractivity contribution in [3.05, 3.63) is 29.6 Å². The molecular formula is C13H16FNO4S. The number of benzene rings is 1. The second kappa shape index (κ2) is 7.36. The molecule has 0 aliphatic rings. The Kier molecular flexibility index (Phi) is 6.10. The largest absolute Gasteiger partial charge is 0.395 e. The first kappa shape index (κ1) is 16.6. The summed E-state index contributed by atoms with van der Waals surface area (Å²) in [7, 11) is -3.98. The van der Waals surface area contributed by atoms with Crippen LogP contribution in [0.15, 0.2) is 23.1 Å². The zero-order chi connectivity index (χ0) is 15.2. The normalized spacial score (nSPS) is 11.2. The Bertz CT molecular complexity index is 619. The van der Waals surface area contributed by atoms with Crippen molar-refractivity contribution >= 4 is 10.0 Å². The molecule has 1 aromatic carbocycles. The van der Waals surface area contributed by atoms with Gasteiger partial charge in [0.1, 0.15) is 17.3 Å². The molecule has 110 valence electrons. The summed E-state index contributed by atoms with van der Waals surface area (Å²) in [5.41, 5.74) is 0.278. The zero-order valence-electron chi connectivity index (χ0n) is 11.0. The quantitative estimate of drug-likeness (QED) is 0.760. The van der Waals surface area contributed by atoms with Crippen molar-refractivity contribution in [3.63, 3.8) is 0 Å². The van der Waals surface area contributed by atoms with Gasteiger partial charge in [-0.05, 0) is 18.2 Å². The first-order chi connectivity index (χ1) is 9.47. The summed E-state index contributed by atoms with van der Waals surface area (Å²) < 4.78 is 39.3. The number of hydrogen-bond donors (Lipinski definition) is 2. The summed E-state index contributed by atoms with van der Waals surface area (Å²) in [6.45, 7) is 0.946. The van der Waals surface area contributed by atoms with E-state index < -0.39 is 20.7 Å². The summed E-state index contributed by atoms with van der Waals surface area (Å²) >= 11 is 0. The fourth-order valence-electron chi connectivity index (χ4n) is 1.63. The van der Waals surface area contributed by atoms with Gasteiger partial charge in [-0.1, -0.05) is 18.8 Å². The molecule has 20 heavy (non-hydrogen) atoms. The van der Waals surface area contributed by atoms with Gasteiger partial charge >= 0.3 is 0 Å². The number of nitrogens with zero attached hydrogens (tertiary/aromatic N) is 1. The molecule has 0 unspecified atom stereocenters. The molecule has 0 heterocycles. The van der Waals surface area contributed by atoms with Crippen LogP contribution in [0.4, 0.5) is 4.39 Å². The highest BCUT2D eigenvalue weighted by Crippen LogP contribution is 2.20. The molecule has 1 rings (SSSR count). The number of aliphatic hydroxyl groups is 2. The second-order valence-corrected chi connectivity index (χ2v) is 5.73. The number of hydrogen-bond acceptors (Lipinski definition) is 4. The molecule has 0 saturated carbocycles. The smallest absolute Gasteiger partial charge is 0.246 e. The maximum Gasteiger partial charge on any atom is 0.246 e. The maximum atomic E-state index is 13.9. The Morgan fingerprint density at radius 2 is 2.05 bits per heavy atom. The molecule has 0 aliphatic heterocycles. The van der Waals surface area contributed by atoms with Crippen LogP contribution in [-0.4, -0.2) is 49.2 Å². The van der Waals surface area contributed by atoms with Crippen LogP contribution in [0, 0.1) is 17.7 Å². The fraction of sp³-hybridized carbons (Fsp3) is 0.385. The summed E-state index contributed by atoms with van der Waals surface area (Å²) in [5, 5.41) is 17.4. The first-order valence-corrected chi connectivity index (χ1v) is 7.41. The number of sulfonamides is 1. The molecule has 5 nitrogen and oxygen atoms in total. The van der Waals surface area contributed by atoms with Crippen LogP contribution < -0.4 is 0 Å². The second-order valence-electron chi connectivity index (χ2n) is 3.83. The van der Waals surface area contributed by atoms with Gasteiger partial charge in [-0.2, -0.15) is 4.31 Å². The van der Waals surface area contributed by atoms with Gasteiger partial charge in [0, 0.05) is 18.7 Å². The number of rotatable bonds is 5. The van der Waals surface area contributed by atoms with E-state index in [4.69, 9.17) is 10.2 Å². The maximum absolute atomic E-state index is 13.9. The Balaban J connectivity index is 3.19. The Hall–Kier alpha value is -1.46. The summed E-state index contributed by atoms with van der Waals surface area (Å²) in [6, 6.07) is 3.50. The molecule has 0 bridgehead atoms. The van der Waals surface area contributed by atoms with Crippen LogP contribution >= 0.6 is 0 Å². The van der Waals surface area contributed by atoms with Crippen molar-refractivity contribution in [2.45, 2.75) is 11.8 Å². The van der Waals surface area contributed by atoms with Crippen LogP contribution in [0.25, 0.3) is 0 Å². The molecule has 0 spiro atoms. The monoisotopic (exact) mass is 301 g/mol. The van der Waals surface area contributed by atoms with Crippen LogP contribution in [-0.2, 0) is 10.0 Å². The summed E-state index contributed by atoms with van der Waals surface area (Å²) in [4.78, 5) is -0.456. The van der Waals surface area contributed by atoms with Gasteiger partial charge in [0.25, 0.3) is 0 Å². The molecule has 7 heteroatoms. The lowest BCUT2D eigenvalue weighted by molar-refractivity contribution is 0.256. The van der Waals surface area contributed by atoms with Crippen molar-refractivity contribution < 1.29 is 23.0 Å². The van der Waals surface area contributed by atoms with Crippen LogP contribution in [0.5, 0.6) is 0 Å². The molecule has 0 aromatic heterocycles. The SMILES string of the molecule is CCN(CCO)S(=O)(=O)c1ccc(C#CCO)cc1F. The first-order valence-electron chi connectivity index (χ1n) is 5.97. The summed E-state index contributed by atoms with van der Waals surface area (Å²) in [5.74, 6) is 3.93. The number of aliphatic hydroxyl groups excluding tert-OH is 2. The van der Waals surface area contributed by atoms with Crippen LogP contribution in [0.1, 0.15) is 12.5 Å². The average molecular weight is 301 g/mol. The van der Waals surface area contributed by atoms with Gasteiger partial charge in [0.15, 0.2) is 0 Å². The average Bonchev–Trinajstić information content (AvgIpc) is 2.42. The van der Waals surface area contributed by atoms with Crippen LogP contribution in [0.2, 0.25) is 0 Å². The molecule has 0 radical (unpaired) electrons. The van der Waals surface area contributed by atoms with Crippen molar-refractivity contribution in [1.29, 1.82) is 0 Å². The molecule has 0 atom stereocenters. The van der Waals surface area contributed by atoms with Gasteiger partial charge < -0.3 is 10.2 Å². The Labute approximate surface area is 117 Å². The van der Waals surface area contributed by atoms with Crippen molar-refractivity contribution in [3.8, 4) is 11.8 Å². The number of likely N-dealkylation sites (N-methyl/N-ethyl adjacent to an activating group) is 1. The lowest BCUT2D eigenvalue weighted by atomic mass is 10.2. The topological polar surface area (TPSA) is 77.8 Å². The van der Waals surface area contributed by atoms with E-state index in [1.165, 1.54) is 6.07 Å². The van der Waals surface area contributed by atoms with Gasteiger partial charge in [-0.15, -0.1) is 0 Å². The highest BCUT2D eigenvalue weighted by atomic mass is 32.2. The highest BCUT2D eigenvalue weighted by molar-refractivity contribution is 7.89. The van der Waals surface area contributed by atoms with E-state index in [1.54, 1.807) is 6.92 Å². The molecule has 0 amide bonds. The van der Waals surface area contributed by atoms with Gasteiger partial charge in [-0.3, -0.25) is 0 Å². The third kappa shape index (κ3) is 3.77. The summed E-state index contributed by atoms with van der Waals surface area (Å²) in [6.07, 6.45) is 0. The van der Waals surface area contributed by atoms with E-state index in [0.717, 1.165) is 16.4 Å². The van der Waals surface area contributed by atoms with E-state index in [9.17, 15) is 12.8 Å². The highest BCUT2D eigenvalue weighted by Gasteiger charge is 2.25.